The SMILES string of the molecule is O=C(COc1ccc(-n2cnnn2)cc1)Nc1ccccc1I. The standard InChI is InChI=1S/C15H12IN5O2/c16-13-3-1-2-4-14(13)18-15(22)9-23-12-7-5-11(6-8-12)21-10-17-19-20-21/h1-8,10H,9H2,(H,18,22). The second kappa shape index (κ2) is 7.18. The van der Waals surface area contributed by atoms with Gasteiger partial charge in [-0.15, -0.1) is 5.10 Å². The molecule has 8 heteroatoms. The fraction of sp³-hybridized carbons (Fsp3) is 0.0667. The molecule has 0 bridgehead atoms. The van der Waals surface area contributed by atoms with Crippen molar-refractivity contribution in [1.82, 2.24) is 20.2 Å². The Morgan fingerprint density at radius 3 is 2.65 bits per heavy atom. The topological polar surface area (TPSA) is 81.9 Å². The van der Waals surface area contributed by atoms with E-state index in [1.165, 1.54) is 11.0 Å². The zero-order valence-corrected chi connectivity index (χ0v) is 14.0. The van der Waals surface area contributed by atoms with Crippen LogP contribution in [0.15, 0.2) is 54.9 Å². The number of hydrogen-bond acceptors (Lipinski definition) is 5. The van der Waals surface area contributed by atoms with Gasteiger partial charge in [0, 0.05) is 3.57 Å². The molecule has 0 aliphatic rings. The van der Waals surface area contributed by atoms with Crippen molar-refractivity contribution in [2.75, 3.05) is 11.9 Å². The number of ether oxygens (including phenoxy) is 1. The number of benzene rings is 2. The van der Waals surface area contributed by atoms with Gasteiger partial charge < -0.3 is 10.1 Å². The van der Waals surface area contributed by atoms with Crippen molar-refractivity contribution in [3.05, 3.63) is 58.4 Å². The maximum Gasteiger partial charge on any atom is 0.262 e. The average molecular weight is 421 g/mol. The minimum atomic E-state index is -0.210. The molecule has 23 heavy (non-hydrogen) atoms. The molecule has 1 heterocycles. The number of nitrogens with one attached hydrogen (secondary N) is 1. The summed E-state index contributed by atoms with van der Waals surface area (Å²) >= 11 is 2.17. The zero-order chi connectivity index (χ0) is 16.1. The van der Waals surface area contributed by atoms with Gasteiger partial charge in [0.1, 0.15) is 12.1 Å². The number of nitrogens with zero attached hydrogens (tertiary/aromatic N) is 4. The molecule has 0 fully saturated rings. The highest BCUT2D eigenvalue weighted by Gasteiger charge is 2.06. The van der Waals surface area contributed by atoms with E-state index in [4.69, 9.17) is 4.74 Å². The molecular weight excluding hydrogens is 409 g/mol. The van der Waals surface area contributed by atoms with Crippen LogP contribution in [-0.2, 0) is 4.79 Å². The number of halogens is 1. The molecule has 0 atom stereocenters. The largest absolute Gasteiger partial charge is 0.484 e. The fourth-order valence-electron chi connectivity index (χ4n) is 1.87. The van der Waals surface area contributed by atoms with Crippen LogP contribution in [0.4, 0.5) is 5.69 Å². The lowest BCUT2D eigenvalue weighted by molar-refractivity contribution is -0.118. The fourth-order valence-corrected chi connectivity index (χ4v) is 2.39. The predicted octanol–water partition coefficient (Wildman–Crippen LogP) is 2.28. The third kappa shape index (κ3) is 4.03. The Kier molecular flexibility index (Phi) is 4.81. The van der Waals surface area contributed by atoms with Gasteiger partial charge in [-0.05, 0) is 69.4 Å². The smallest absolute Gasteiger partial charge is 0.262 e. The van der Waals surface area contributed by atoms with E-state index in [1.807, 2.05) is 36.4 Å². The molecule has 1 amide bonds. The van der Waals surface area contributed by atoms with Crippen LogP contribution in [0.2, 0.25) is 0 Å². The summed E-state index contributed by atoms with van der Waals surface area (Å²) < 4.78 is 7.99. The maximum atomic E-state index is 11.9. The van der Waals surface area contributed by atoms with Crippen molar-refractivity contribution < 1.29 is 9.53 Å². The average Bonchev–Trinajstić information content (AvgIpc) is 3.10. The van der Waals surface area contributed by atoms with Crippen LogP contribution in [0, 0.1) is 3.57 Å². The summed E-state index contributed by atoms with van der Waals surface area (Å²) in [5, 5.41) is 13.8. The predicted molar refractivity (Wildman–Crippen MR) is 92.4 cm³/mol. The third-order valence-electron chi connectivity index (χ3n) is 2.97. The van der Waals surface area contributed by atoms with Gasteiger partial charge in [-0.3, -0.25) is 4.79 Å². The van der Waals surface area contributed by atoms with Crippen LogP contribution in [0.3, 0.4) is 0 Å². The first-order valence-corrected chi connectivity index (χ1v) is 7.81. The number of anilines is 1. The summed E-state index contributed by atoms with van der Waals surface area (Å²) in [7, 11) is 0. The summed E-state index contributed by atoms with van der Waals surface area (Å²) in [4.78, 5) is 11.9. The highest BCUT2D eigenvalue weighted by molar-refractivity contribution is 14.1. The number of rotatable bonds is 5. The van der Waals surface area contributed by atoms with Crippen molar-refractivity contribution in [3.8, 4) is 11.4 Å². The Balaban J connectivity index is 1.56. The molecule has 0 radical (unpaired) electrons. The van der Waals surface area contributed by atoms with E-state index in [0.717, 1.165) is 14.9 Å². The number of carbonyl (C=O) groups excluding carboxylic acids is 1. The molecule has 0 aliphatic heterocycles. The van der Waals surface area contributed by atoms with E-state index < -0.39 is 0 Å². The van der Waals surface area contributed by atoms with Crippen molar-refractivity contribution in [3.63, 3.8) is 0 Å². The molecule has 0 saturated heterocycles. The Bertz CT molecular complexity index is 790. The van der Waals surface area contributed by atoms with E-state index in [0.29, 0.717) is 5.75 Å². The first-order valence-electron chi connectivity index (χ1n) is 6.73. The lowest BCUT2D eigenvalue weighted by atomic mass is 10.3. The van der Waals surface area contributed by atoms with Crippen LogP contribution >= 0.6 is 22.6 Å². The number of aromatic nitrogens is 4. The highest BCUT2D eigenvalue weighted by atomic mass is 127. The Morgan fingerprint density at radius 2 is 1.96 bits per heavy atom. The molecular formula is C15H12IN5O2. The molecule has 0 spiro atoms. The number of amides is 1. The summed E-state index contributed by atoms with van der Waals surface area (Å²) in [6.07, 6.45) is 1.50. The summed E-state index contributed by atoms with van der Waals surface area (Å²) in [5.41, 5.74) is 1.58. The first kappa shape index (κ1) is 15.4. The van der Waals surface area contributed by atoms with Crippen molar-refractivity contribution in [2.24, 2.45) is 0 Å². The maximum absolute atomic E-state index is 11.9. The van der Waals surface area contributed by atoms with E-state index >= 15 is 0 Å². The van der Waals surface area contributed by atoms with E-state index in [9.17, 15) is 4.79 Å². The van der Waals surface area contributed by atoms with E-state index in [-0.39, 0.29) is 12.5 Å². The monoisotopic (exact) mass is 421 g/mol. The van der Waals surface area contributed by atoms with Gasteiger partial charge in [0.05, 0.1) is 11.4 Å². The molecule has 1 aromatic heterocycles. The summed E-state index contributed by atoms with van der Waals surface area (Å²) in [6, 6.07) is 14.7. The van der Waals surface area contributed by atoms with Gasteiger partial charge in [-0.25, -0.2) is 4.68 Å². The Hall–Kier alpha value is -2.49. The van der Waals surface area contributed by atoms with E-state index in [2.05, 4.69) is 43.4 Å². The third-order valence-corrected chi connectivity index (χ3v) is 3.91. The Labute approximate surface area is 145 Å². The van der Waals surface area contributed by atoms with Gasteiger partial charge >= 0.3 is 0 Å². The molecule has 1 N–H and O–H groups in total. The van der Waals surface area contributed by atoms with Gasteiger partial charge in [0.15, 0.2) is 6.61 Å². The minimum Gasteiger partial charge on any atom is -0.484 e. The summed E-state index contributed by atoms with van der Waals surface area (Å²) in [5.74, 6) is 0.387. The number of tetrazole rings is 1. The van der Waals surface area contributed by atoms with Gasteiger partial charge in [-0.2, -0.15) is 0 Å². The lowest BCUT2D eigenvalue weighted by Gasteiger charge is -2.09. The second-order valence-electron chi connectivity index (χ2n) is 4.56. The molecule has 0 aliphatic carbocycles. The normalized spacial score (nSPS) is 10.3. The molecule has 0 saturated carbocycles. The van der Waals surface area contributed by atoms with Crippen LogP contribution in [0.5, 0.6) is 5.75 Å². The number of hydrogen-bond donors (Lipinski definition) is 1. The summed E-state index contributed by atoms with van der Waals surface area (Å²) in [6.45, 7) is -0.0603. The van der Waals surface area contributed by atoms with Gasteiger partial charge in [-0.1, -0.05) is 12.1 Å². The molecule has 7 nitrogen and oxygen atoms in total. The molecule has 3 rings (SSSR count). The first-order chi connectivity index (χ1) is 11.2. The number of carbonyl (C=O) groups is 1. The van der Waals surface area contributed by atoms with Crippen molar-refractivity contribution >= 4 is 34.2 Å². The molecule has 3 aromatic rings. The molecule has 116 valence electrons. The van der Waals surface area contributed by atoms with Crippen LogP contribution in [0.25, 0.3) is 5.69 Å². The van der Waals surface area contributed by atoms with Gasteiger partial charge in [0.2, 0.25) is 0 Å². The second-order valence-corrected chi connectivity index (χ2v) is 5.73. The zero-order valence-electron chi connectivity index (χ0n) is 11.9. The van der Waals surface area contributed by atoms with E-state index in [1.54, 1.807) is 12.1 Å². The lowest BCUT2D eigenvalue weighted by Crippen LogP contribution is -2.20. The number of para-hydroxylation sites is 1. The highest BCUT2D eigenvalue weighted by Crippen LogP contribution is 2.17. The quantitative estimate of drug-likeness (QED) is 0.640. The minimum absolute atomic E-state index is 0.0603. The molecule has 0 unspecified atom stereocenters. The van der Waals surface area contributed by atoms with Crippen LogP contribution in [0.1, 0.15) is 0 Å². The Morgan fingerprint density at radius 1 is 1.17 bits per heavy atom. The van der Waals surface area contributed by atoms with Crippen LogP contribution in [-0.4, -0.2) is 32.7 Å². The molecule has 2 aromatic carbocycles. The van der Waals surface area contributed by atoms with Crippen molar-refractivity contribution in [2.45, 2.75) is 0 Å². The van der Waals surface area contributed by atoms with Gasteiger partial charge in [0.25, 0.3) is 5.91 Å². The van der Waals surface area contributed by atoms with Crippen LogP contribution < -0.4 is 10.1 Å². The van der Waals surface area contributed by atoms with Crippen molar-refractivity contribution in [1.29, 1.82) is 0 Å².